The normalized spacial score (nSPS) is 10.2. The second-order valence-electron chi connectivity index (χ2n) is 3.90. The summed E-state index contributed by atoms with van der Waals surface area (Å²) >= 11 is 0. The zero-order valence-electron chi connectivity index (χ0n) is 10.0. The van der Waals surface area contributed by atoms with E-state index >= 15 is 0 Å². The smallest absolute Gasteiger partial charge is 0.356 e. The zero-order valence-corrected chi connectivity index (χ0v) is 10.0. The van der Waals surface area contributed by atoms with E-state index in [2.05, 4.69) is 15.3 Å². The van der Waals surface area contributed by atoms with Crippen molar-refractivity contribution in [1.29, 1.82) is 0 Å². The number of halogens is 1. The number of nitrogens with one attached hydrogen (secondary N) is 1. The number of carbonyl (C=O) groups is 1. The van der Waals surface area contributed by atoms with Crippen molar-refractivity contribution >= 4 is 11.8 Å². The summed E-state index contributed by atoms with van der Waals surface area (Å²) in [6, 6.07) is 6.22. The number of hydrogen-bond donors (Lipinski definition) is 2. The van der Waals surface area contributed by atoms with Crippen molar-refractivity contribution in [1.82, 2.24) is 9.97 Å². The Morgan fingerprint density at radius 1 is 1.26 bits per heavy atom. The number of nitrogens with zero attached hydrogens (tertiary/aromatic N) is 2. The molecule has 1 aromatic carbocycles. The van der Waals surface area contributed by atoms with Gasteiger partial charge in [0.15, 0.2) is 5.69 Å². The molecular formula is C13H12FN3O2. The Balaban J connectivity index is 1.90. The molecule has 2 rings (SSSR count). The summed E-state index contributed by atoms with van der Waals surface area (Å²) in [4.78, 5) is 18.4. The number of rotatable bonds is 5. The van der Waals surface area contributed by atoms with Gasteiger partial charge in [0.05, 0.1) is 12.4 Å². The van der Waals surface area contributed by atoms with Crippen LogP contribution in [0.15, 0.2) is 36.7 Å². The highest BCUT2D eigenvalue weighted by Crippen LogP contribution is 2.05. The minimum atomic E-state index is -1.12. The molecule has 0 unspecified atom stereocenters. The molecule has 0 atom stereocenters. The quantitative estimate of drug-likeness (QED) is 0.860. The van der Waals surface area contributed by atoms with Gasteiger partial charge in [0.1, 0.15) is 11.6 Å². The maximum Gasteiger partial charge on any atom is 0.356 e. The highest BCUT2D eigenvalue weighted by atomic mass is 19.1. The predicted molar refractivity (Wildman–Crippen MR) is 67.6 cm³/mol. The number of benzene rings is 1. The fourth-order valence-electron chi connectivity index (χ4n) is 1.54. The van der Waals surface area contributed by atoms with E-state index in [0.717, 1.165) is 5.56 Å². The lowest BCUT2D eigenvalue weighted by molar-refractivity contribution is 0.0690. The van der Waals surface area contributed by atoms with Crippen LogP contribution >= 0.6 is 0 Å². The lowest BCUT2D eigenvalue weighted by atomic mass is 10.1. The van der Waals surface area contributed by atoms with Crippen LogP contribution in [0.4, 0.5) is 10.2 Å². The van der Waals surface area contributed by atoms with E-state index in [4.69, 9.17) is 5.11 Å². The molecule has 6 heteroatoms. The van der Waals surface area contributed by atoms with Crippen molar-refractivity contribution in [3.8, 4) is 0 Å². The van der Waals surface area contributed by atoms with Gasteiger partial charge in [0.2, 0.25) is 0 Å². The van der Waals surface area contributed by atoms with Crippen molar-refractivity contribution in [3.63, 3.8) is 0 Å². The third kappa shape index (κ3) is 3.74. The Hall–Kier alpha value is -2.50. The summed E-state index contributed by atoms with van der Waals surface area (Å²) in [5.41, 5.74) is 0.878. The first kappa shape index (κ1) is 12.9. The van der Waals surface area contributed by atoms with Crippen LogP contribution < -0.4 is 5.32 Å². The summed E-state index contributed by atoms with van der Waals surface area (Å²) in [6.45, 7) is 0.559. The maximum absolute atomic E-state index is 12.7. The number of hydrogen-bond acceptors (Lipinski definition) is 4. The van der Waals surface area contributed by atoms with E-state index in [1.54, 1.807) is 12.1 Å². The van der Waals surface area contributed by atoms with E-state index in [-0.39, 0.29) is 11.5 Å². The van der Waals surface area contributed by atoms with Crippen molar-refractivity contribution in [2.24, 2.45) is 0 Å². The number of aromatic carboxylic acids is 1. The van der Waals surface area contributed by atoms with Gasteiger partial charge in [-0.3, -0.25) is 4.98 Å². The molecule has 0 amide bonds. The van der Waals surface area contributed by atoms with Gasteiger partial charge < -0.3 is 10.4 Å². The predicted octanol–water partition coefficient (Wildman–Crippen LogP) is 1.97. The standard InChI is InChI=1S/C13H12FN3O2/c14-10-3-1-9(2-4-10)5-6-16-12-8-15-7-11(17-12)13(18)19/h1-4,7-8H,5-6H2,(H,16,17)(H,18,19). The van der Waals surface area contributed by atoms with E-state index in [0.29, 0.717) is 18.8 Å². The summed E-state index contributed by atoms with van der Waals surface area (Å²) in [5.74, 6) is -0.978. The van der Waals surface area contributed by atoms with Gasteiger partial charge in [-0.05, 0) is 24.1 Å². The van der Waals surface area contributed by atoms with Gasteiger partial charge in [-0.25, -0.2) is 14.2 Å². The number of carboxylic acid groups (broad SMARTS) is 1. The molecule has 0 radical (unpaired) electrons. The third-order valence-corrected chi connectivity index (χ3v) is 2.49. The van der Waals surface area contributed by atoms with Crippen LogP contribution in [-0.4, -0.2) is 27.6 Å². The minimum absolute atomic E-state index is 0.105. The lowest BCUT2D eigenvalue weighted by Crippen LogP contribution is -2.09. The van der Waals surface area contributed by atoms with E-state index < -0.39 is 5.97 Å². The molecule has 0 aliphatic carbocycles. The molecule has 0 bridgehead atoms. The van der Waals surface area contributed by atoms with Crippen LogP contribution in [0.25, 0.3) is 0 Å². The molecule has 5 nitrogen and oxygen atoms in total. The van der Waals surface area contributed by atoms with E-state index in [1.165, 1.54) is 24.5 Å². The fraction of sp³-hybridized carbons (Fsp3) is 0.154. The molecular weight excluding hydrogens is 249 g/mol. The molecule has 0 aliphatic rings. The van der Waals surface area contributed by atoms with Gasteiger partial charge in [-0.2, -0.15) is 0 Å². The Morgan fingerprint density at radius 3 is 2.68 bits per heavy atom. The van der Waals surface area contributed by atoms with Gasteiger partial charge in [-0.1, -0.05) is 12.1 Å². The molecule has 0 saturated heterocycles. The molecule has 0 aliphatic heterocycles. The van der Waals surface area contributed by atoms with E-state index in [1.807, 2.05) is 0 Å². The SMILES string of the molecule is O=C(O)c1cncc(NCCc2ccc(F)cc2)n1. The maximum atomic E-state index is 12.7. The lowest BCUT2D eigenvalue weighted by Gasteiger charge is -2.05. The molecule has 2 N–H and O–H groups in total. The van der Waals surface area contributed by atoms with Gasteiger partial charge in [0, 0.05) is 6.54 Å². The number of anilines is 1. The average molecular weight is 261 g/mol. The molecule has 2 aromatic rings. The van der Waals surface area contributed by atoms with Crippen LogP contribution in [0.3, 0.4) is 0 Å². The van der Waals surface area contributed by atoms with E-state index in [9.17, 15) is 9.18 Å². The van der Waals surface area contributed by atoms with Crippen molar-refractivity contribution in [3.05, 3.63) is 53.7 Å². The van der Waals surface area contributed by atoms with Gasteiger partial charge >= 0.3 is 5.97 Å². The summed E-state index contributed by atoms with van der Waals surface area (Å²) < 4.78 is 12.7. The first-order valence-electron chi connectivity index (χ1n) is 5.69. The summed E-state index contributed by atoms with van der Waals surface area (Å²) in [7, 11) is 0. The first-order chi connectivity index (χ1) is 9.15. The number of aromatic nitrogens is 2. The highest BCUT2D eigenvalue weighted by molar-refractivity contribution is 5.85. The average Bonchev–Trinajstić information content (AvgIpc) is 2.41. The number of carboxylic acids is 1. The Labute approximate surface area is 109 Å². The molecule has 98 valence electrons. The molecule has 0 saturated carbocycles. The largest absolute Gasteiger partial charge is 0.476 e. The monoisotopic (exact) mass is 261 g/mol. The zero-order chi connectivity index (χ0) is 13.7. The van der Waals surface area contributed by atoms with Crippen molar-refractivity contribution in [2.45, 2.75) is 6.42 Å². The Kier molecular flexibility index (Phi) is 4.02. The topological polar surface area (TPSA) is 75.1 Å². The molecule has 0 fully saturated rings. The van der Waals surface area contributed by atoms with Crippen LogP contribution in [0.2, 0.25) is 0 Å². The van der Waals surface area contributed by atoms with Crippen molar-refractivity contribution < 1.29 is 14.3 Å². The van der Waals surface area contributed by atoms with Crippen LogP contribution in [0.5, 0.6) is 0 Å². The second-order valence-corrected chi connectivity index (χ2v) is 3.90. The Morgan fingerprint density at radius 2 is 2.00 bits per heavy atom. The summed E-state index contributed by atoms with van der Waals surface area (Å²) in [6.07, 6.45) is 3.32. The molecule has 1 heterocycles. The van der Waals surface area contributed by atoms with Crippen LogP contribution in [0, 0.1) is 5.82 Å². The summed E-state index contributed by atoms with van der Waals surface area (Å²) in [5, 5.41) is 11.7. The first-order valence-corrected chi connectivity index (χ1v) is 5.69. The van der Waals surface area contributed by atoms with Gasteiger partial charge in [0.25, 0.3) is 0 Å². The fourth-order valence-corrected chi connectivity index (χ4v) is 1.54. The molecule has 0 spiro atoms. The molecule has 19 heavy (non-hydrogen) atoms. The highest BCUT2D eigenvalue weighted by Gasteiger charge is 2.05. The minimum Gasteiger partial charge on any atom is -0.476 e. The van der Waals surface area contributed by atoms with Crippen LogP contribution in [-0.2, 0) is 6.42 Å². The third-order valence-electron chi connectivity index (χ3n) is 2.49. The molecule has 1 aromatic heterocycles. The second kappa shape index (κ2) is 5.90. The Bertz CT molecular complexity index is 572. The van der Waals surface area contributed by atoms with Crippen LogP contribution in [0.1, 0.15) is 16.1 Å². The van der Waals surface area contributed by atoms with Crippen molar-refractivity contribution in [2.75, 3.05) is 11.9 Å². The van der Waals surface area contributed by atoms with Gasteiger partial charge in [-0.15, -0.1) is 0 Å².